The molecule has 1 aromatic heterocycles. The highest BCUT2D eigenvalue weighted by molar-refractivity contribution is 7.15. The van der Waals surface area contributed by atoms with E-state index in [9.17, 15) is 9.59 Å². The summed E-state index contributed by atoms with van der Waals surface area (Å²) in [7, 11) is 0. The second kappa shape index (κ2) is 6.87. The zero-order chi connectivity index (χ0) is 13.5. The molecule has 0 saturated carbocycles. The first-order chi connectivity index (χ1) is 8.56. The molecule has 0 spiro atoms. The topological polar surface area (TPSA) is 124 Å². The predicted molar refractivity (Wildman–Crippen MR) is 64.6 cm³/mol. The van der Waals surface area contributed by atoms with Crippen molar-refractivity contribution in [2.24, 2.45) is 0 Å². The maximum Gasteiger partial charge on any atom is 0.326 e. The van der Waals surface area contributed by atoms with Crippen LogP contribution in [0.4, 0.5) is 9.93 Å². The maximum atomic E-state index is 11.5. The quantitative estimate of drug-likeness (QED) is 0.581. The van der Waals surface area contributed by atoms with Gasteiger partial charge in [0, 0.05) is 13.0 Å². The van der Waals surface area contributed by atoms with Crippen LogP contribution >= 0.6 is 11.3 Å². The molecule has 1 rings (SSSR count). The SMILES string of the molecule is CCc1nnc(NC(=O)NC(CCO)C(=O)O)s1. The van der Waals surface area contributed by atoms with E-state index in [1.54, 1.807) is 0 Å². The second-order valence-electron chi connectivity index (χ2n) is 3.36. The number of amides is 2. The highest BCUT2D eigenvalue weighted by atomic mass is 32.1. The number of aliphatic carboxylic acids is 1. The fourth-order valence-electron chi connectivity index (χ4n) is 1.12. The Kier molecular flexibility index (Phi) is 5.46. The number of aliphatic hydroxyl groups is 1. The van der Waals surface area contributed by atoms with E-state index in [0.29, 0.717) is 11.6 Å². The van der Waals surface area contributed by atoms with Crippen LogP contribution in [0.1, 0.15) is 18.4 Å². The van der Waals surface area contributed by atoms with Crippen molar-refractivity contribution in [2.75, 3.05) is 11.9 Å². The Morgan fingerprint density at radius 2 is 2.17 bits per heavy atom. The number of urea groups is 1. The molecule has 0 radical (unpaired) electrons. The van der Waals surface area contributed by atoms with E-state index in [4.69, 9.17) is 10.2 Å². The Balaban J connectivity index is 2.51. The van der Waals surface area contributed by atoms with Crippen molar-refractivity contribution in [2.45, 2.75) is 25.8 Å². The zero-order valence-corrected chi connectivity index (χ0v) is 10.5. The van der Waals surface area contributed by atoms with Crippen molar-refractivity contribution in [3.8, 4) is 0 Å². The lowest BCUT2D eigenvalue weighted by atomic mass is 10.2. The number of carbonyl (C=O) groups excluding carboxylic acids is 1. The van der Waals surface area contributed by atoms with Gasteiger partial charge < -0.3 is 15.5 Å². The number of aromatic nitrogens is 2. The van der Waals surface area contributed by atoms with Gasteiger partial charge in [-0.3, -0.25) is 5.32 Å². The third kappa shape index (κ3) is 4.26. The van der Waals surface area contributed by atoms with Crippen LogP contribution in [-0.4, -0.2) is 45.1 Å². The molecule has 100 valence electrons. The minimum absolute atomic E-state index is 0.0565. The number of aryl methyl sites for hydroxylation is 1. The largest absolute Gasteiger partial charge is 0.480 e. The molecule has 0 saturated heterocycles. The summed E-state index contributed by atoms with van der Waals surface area (Å²) >= 11 is 1.22. The lowest BCUT2D eigenvalue weighted by Gasteiger charge is -2.12. The van der Waals surface area contributed by atoms with Gasteiger partial charge in [-0.2, -0.15) is 0 Å². The molecule has 0 fully saturated rings. The Labute approximate surface area is 107 Å². The first-order valence-electron chi connectivity index (χ1n) is 5.30. The summed E-state index contributed by atoms with van der Waals surface area (Å²) in [5.74, 6) is -1.20. The van der Waals surface area contributed by atoms with Crippen LogP contribution in [0, 0.1) is 0 Å². The zero-order valence-electron chi connectivity index (χ0n) is 9.71. The van der Waals surface area contributed by atoms with Crippen LogP contribution in [-0.2, 0) is 11.2 Å². The summed E-state index contributed by atoms with van der Waals surface area (Å²) in [6.45, 7) is 1.59. The van der Waals surface area contributed by atoms with E-state index in [1.165, 1.54) is 11.3 Å². The standard InChI is InChI=1S/C9H14N4O4S/c1-2-6-12-13-9(18-6)11-8(17)10-5(3-4-14)7(15)16/h5,14H,2-4H2,1H3,(H,15,16)(H2,10,11,13,17). The van der Waals surface area contributed by atoms with Crippen molar-refractivity contribution in [3.05, 3.63) is 5.01 Å². The number of carboxylic acids is 1. The van der Waals surface area contributed by atoms with E-state index in [0.717, 1.165) is 5.01 Å². The average molecular weight is 274 g/mol. The van der Waals surface area contributed by atoms with E-state index < -0.39 is 18.0 Å². The molecular formula is C9H14N4O4S. The van der Waals surface area contributed by atoms with Crippen molar-refractivity contribution in [3.63, 3.8) is 0 Å². The molecule has 18 heavy (non-hydrogen) atoms. The number of nitrogens with zero attached hydrogens (tertiary/aromatic N) is 2. The molecule has 4 N–H and O–H groups in total. The first-order valence-corrected chi connectivity index (χ1v) is 6.12. The van der Waals surface area contributed by atoms with Crippen molar-refractivity contribution >= 4 is 28.5 Å². The third-order valence-electron chi connectivity index (χ3n) is 2.01. The van der Waals surface area contributed by atoms with Crippen LogP contribution < -0.4 is 10.6 Å². The van der Waals surface area contributed by atoms with Crippen LogP contribution in [0.3, 0.4) is 0 Å². The van der Waals surface area contributed by atoms with E-state index in [-0.39, 0.29) is 13.0 Å². The summed E-state index contributed by atoms with van der Waals surface area (Å²) in [6.07, 6.45) is 0.655. The third-order valence-corrected chi connectivity index (χ3v) is 2.99. The highest BCUT2D eigenvalue weighted by Crippen LogP contribution is 2.14. The Morgan fingerprint density at radius 3 is 2.67 bits per heavy atom. The number of carbonyl (C=O) groups is 2. The molecule has 1 heterocycles. The number of aliphatic hydroxyl groups excluding tert-OH is 1. The summed E-state index contributed by atoms with van der Waals surface area (Å²) in [4.78, 5) is 22.2. The van der Waals surface area contributed by atoms with Crippen LogP contribution in [0.2, 0.25) is 0 Å². The number of nitrogens with one attached hydrogen (secondary N) is 2. The monoisotopic (exact) mass is 274 g/mol. The molecule has 0 aliphatic heterocycles. The van der Waals surface area contributed by atoms with E-state index in [1.807, 2.05) is 6.92 Å². The molecule has 0 aliphatic rings. The van der Waals surface area contributed by atoms with Gasteiger partial charge in [0.05, 0.1) is 0 Å². The van der Waals surface area contributed by atoms with Gasteiger partial charge in [0.1, 0.15) is 11.0 Å². The van der Waals surface area contributed by atoms with Gasteiger partial charge in [-0.15, -0.1) is 10.2 Å². The van der Waals surface area contributed by atoms with Gasteiger partial charge in [0.25, 0.3) is 0 Å². The fraction of sp³-hybridized carbons (Fsp3) is 0.556. The Hall–Kier alpha value is -1.74. The normalized spacial score (nSPS) is 11.9. The van der Waals surface area contributed by atoms with Crippen molar-refractivity contribution < 1.29 is 19.8 Å². The number of anilines is 1. The van der Waals surface area contributed by atoms with Crippen molar-refractivity contribution in [1.29, 1.82) is 0 Å². The summed E-state index contributed by atoms with van der Waals surface area (Å²) in [6, 6.07) is -1.82. The Morgan fingerprint density at radius 1 is 1.44 bits per heavy atom. The summed E-state index contributed by atoms with van der Waals surface area (Å²) in [5, 5.41) is 30.7. The van der Waals surface area contributed by atoms with Crippen molar-refractivity contribution in [1.82, 2.24) is 15.5 Å². The molecule has 9 heteroatoms. The van der Waals surface area contributed by atoms with Gasteiger partial charge in [0.2, 0.25) is 5.13 Å². The van der Waals surface area contributed by atoms with Crippen LogP contribution in [0.5, 0.6) is 0 Å². The number of hydrogen-bond acceptors (Lipinski definition) is 6. The first kappa shape index (κ1) is 14.3. The van der Waals surface area contributed by atoms with E-state index in [2.05, 4.69) is 20.8 Å². The minimum Gasteiger partial charge on any atom is -0.480 e. The molecule has 1 aromatic rings. The number of rotatable bonds is 6. The molecule has 1 atom stereocenters. The van der Waals surface area contributed by atoms with Crippen LogP contribution in [0.25, 0.3) is 0 Å². The van der Waals surface area contributed by atoms with Gasteiger partial charge >= 0.3 is 12.0 Å². The molecule has 0 aliphatic carbocycles. The van der Waals surface area contributed by atoms with Gasteiger partial charge in [-0.1, -0.05) is 18.3 Å². The molecular weight excluding hydrogens is 260 g/mol. The highest BCUT2D eigenvalue weighted by Gasteiger charge is 2.19. The minimum atomic E-state index is -1.20. The molecule has 0 aromatic carbocycles. The average Bonchev–Trinajstić information content (AvgIpc) is 2.76. The lowest BCUT2D eigenvalue weighted by Crippen LogP contribution is -2.43. The maximum absolute atomic E-state index is 11.5. The fourth-order valence-corrected chi connectivity index (χ4v) is 1.80. The Bertz CT molecular complexity index is 422. The number of carboxylic acid groups (broad SMARTS) is 1. The molecule has 2 amide bonds. The van der Waals surface area contributed by atoms with E-state index >= 15 is 0 Å². The van der Waals surface area contributed by atoms with Gasteiger partial charge in [-0.25, -0.2) is 9.59 Å². The lowest BCUT2D eigenvalue weighted by molar-refractivity contribution is -0.139. The predicted octanol–water partition coefficient (Wildman–Crippen LogP) is 0.0576. The second-order valence-corrected chi connectivity index (χ2v) is 4.42. The number of hydrogen-bond donors (Lipinski definition) is 4. The molecule has 8 nitrogen and oxygen atoms in total. The summed E-state index contributed by atoms with van der Waals surface area (Å²) in [5.41, 5.74) is 0. The molecule has 0 bridgehead atoms. The van der Waals surface area contributed by atoms with Gasteiger partial charge in [-0.05, 0) is 6.42 Å². The summed E-state index contributed by atoms with van der Waals surface area (Å²) < 4.78 is 0. The molecule has 1 unspecified atom stereocenters. The van der Waals surface area contributed by atoms with Gasteiger partial charge in [0.15, 0.2) is 0 Å². The smallest absolute Gasteiger partial charge is 0.326 e. The van der Waals surface area contributed by atoms with Crippen LogP contribution in [0.15, 0.2) is 0 Å².